The molecule has 0 aliphatic heterocycles. The third kappa shape index (κ3) is 2.95. The maximum absolute atomic E-state index is 11.2. The summed E-state index contributed by atoms with van der Waals surface area (Å²) < 4.78 is 5.83. The fourth-order valence-electron chi connectivity index (χ4n) is 2.56. The first kappa shape index (κ1) is 15.7. The molecule has 0 fully saturated rings. The van der Waals surface area contributed by atoms with E-state index in [0.29, 0.717) is 28.4 Å². The van der Waals surface area contributed by atoms with Crippen LogP contribution in [-0.4, -0.2) is 36.2 Å². The molecule has 3 aromatic heterocycles. The Bertz CT molecular complexity index is 1110. The Morgan fingerprint density at radius 2 is 2.08 bits per heavy atom. The molecule has 4 rings (SSSR count). The van der Waals surface area contributed by atoms with Crippen LogP contribution in [0.25, 0.3) is 22.3 Å². The van der Waals surface area contributed by atoms with Crippen molar-refractivity contribution in [3.05, 3.63) is 60.2 Å². The van der Waals surface area contributed by atoms with Gasteiger partial charge in [-0.25, -0.2) is 9.78 Å². The number of nitrogens with zero attached hydrogens (tertiary/aromatic N) is 4. The molecule has 128 valence electrons. The van der Waals surface area contributed by atoms with Crippen molar-refractivity contribution in [2.24, 2.45) is 0 Å². The Labute approximate surface area is 147 Å². The fraction of sp³-hybridized carbons (Fsp3) is 0.0556. The second-order valence-electron chi connectivity index (χ2n) is 5.60. The number of aryl methyl sites for hydroxylation is 1. The number of aromatic nitrogens is 5. The Hall–Kier alpha value is -3.81. The van der Waals surface area contributed by atoms with Gasteiger partial charge in [-0.1, -0.05) is 0 Å². The summed E-state index contributed by atoms with van der Waals surface area (Å²) in [6, 6.07) is 10.4. The molecule has 0 aliphatic rings. The van der Waals surface area contributed by atoms with E-state index in [1.54, 1.807) is 36.7 Å². The van der Waals surface area contributed by atoms with Crippen LogP contribution in [0.1, 0.15) is 16.2 Å². The number of hydrogen-bond acceptors (Lipinski definition) is 6. The fourth-order valence-corrected chi connectivity index (χ4v) is 2.56. The van der Waals surface area contributed by atoms with Gasteiger partial charge >= 0.3 is 5.97 Å². The van der Waals surface area contributed by atoms with Crippen molar-refractivity contribution in [2.45, 2.75) is 6.92 Å². The van der Waals surface area contributed by atoms with Crippen molar-refractivity contribution in [1.82, 2.24) is 25.1 Å². The van der Waals surface area contributed by atoms with E-state index in [-0.39, 0.29) is 5.69 Å². The van der Waals surface area contributed by atoms with Crippen molar-refractivity contribution in [1.29, 1.82) is 0 Å². The van der Waals surface area contributed by atoms with Crippen molar-refractivity contribution in [3.63, 3.8) is 0 Å². The molecule has 0 spiro atoms. The molecule has 1 aromatic carbocycles. The molecule has 0 saturated heterocycles. The van der Waals surface area contributed by atoms with Crippen molar-refractivity contribution in [3.8, 4) is 23.0 Å². The summed E-state index contributed by atoms with van der Waals surface area (Å²) in [5, 5.41) is 16.1. The van der Waals surface area contributed by atoms with Gasteiger partial charge in [-0.05, 0) is 37.3 Å². The van der Waals surface area contributed by atoms with Gasteiger partial charge in [-0.3, -0.25) is 10.1 Å². The number of rotatable bonds is 4. The number of carboxylic acids is 1. The first-order valence-corrected chi connectivity index (χ1v) is 7.75. The lowest BCUT2D eigenvalue weighted by Crippen LogP contribution is -1.97. The Balaban J connectivity index is 1.71. The molecule has 0 radical (unpaired) electrons. The van der Waals surface area contributed by atoms with Crippen LogP contribution in [0, 0.1) is 6.92 Å². The highest BCUT2D eigenvalue weighted by Gasteiger charge is 2.14. The second-order valence-corrected chi connectivity index (χ2v) is 5.60. The van der Waals surface area contributed by atoms with E-state index in [0.717, 1.165) is 11.3 Å². The highest BCUT2D eigenvalue weighted by molar-refractivity contribution is 6.01. The summed E-state index contributed by atoms with van der Waals surface area (Å²) in [6.07, 6.45) is 3.35. The summed E-state index contributed by atoms with van der Waals surface area (Å²) >= 11 is 0. The van der Waals surface area contributed by atoms with Gasteiger partial charge in [0.15, 0.2) is 11.5 Å². The third-order valence-corrected chi connectivity index (χ3v) is 3.71. The van der Waals surface area contributed by atoms with Gasteiger partial charge in [0.2, 0.25) is 5.88 Å². The largest absolute Gasteiger partial charge is 0.476 e. The molecule has 0 unspecified atom stereocenters. The molecule has 2 N–H and O–H groups in total. The molecule has 8 heteroatoms. The van der Waals surface area contributed by atoms with Gasteiger partial charge in [-0.2, -0.15) is 10.1 Å². The molecule has 3 heterocycles. The number of hydrogen-bond donors (Lipinski definition) is 2. The Kier molecular flexibility index (Phi) is 3.77. The lowest BCUT2D eigenvalue weighted by Gasteiger charge is -2.08. The number of fused-ring (bicyclic) bond motifs is 1. The average molecular weight is 347 g/mol. The van der Waals surface area contributed by atoms with Gasteiger partial charge in [0, 0.05) is 35.1 Å². The molecule has 0 atom stereocenters. The van der Waals surface area contributed by atoms with E-state index in [9.17, 15) is 9.90 Å². The highest BCUT2D eigenvalue weighted by atomic mass is 16.5. The van der Waals surface area contributed by atoms with E-state index in [4.69, 9.17) is 4.74 Å². The Morgan fingerprint density at radius 1 is 1.19 bits per heavy atom. The number of pyridine rings is 1. The van der Waals surface area contributed by atoms with E-state index < -0.39 is 5.97 Å². The minimum Gasteiger partial charge on any atom is -0.476 e. The quantitative estimate of drug-likeness (QED) is 0.582. The first-order valence-electron chi connectivity index (χ1n) is 7.75. The molecule has 26 heavy (non-hydrogen) atoms. The predicted molar refractivity (Wildman–Crippen MR) is 93.1 cm³/mol. The molecule has 0 bridgehead atoms. The number of aromatic carboxylic acids is 1. The van der Waals surface area contributed by atoms with Crippen LogP contribution in [0.5, 0.6) is 11.6 Å². The van der Waals surface area contributed by atoms with Crippen LogP contribution in [0.3, 0.4) is 0 Å². The molecule has 4 aromatic rings. The molecular formula is C18H13N5O3. The van der Waals surface area contributed by atoms with Crippen LogP contribution < -0.4 is 4.74 Å². The normalized spacial score (nSPS) is 10.8. The van der Waals surface area contributed by atoms with Gasteiger partial charge in [0.25, 0.3) is 0 Å². The number of aromatic amines is 1. The highest BCUT2D eigenvalue weighted by Crippen LogP contribution is 2.27. The molecule has 0 aliphatic carbocycles. The summed E-state index contributed by atoms with van der Waals surface area (Å²) in [6.45, 7) is 1.84. The van der Waals surface area contributed by atoms with Gasteiger partial charge in [0.05, 0.1) is 5.52 Å². The predicted octanol–water partition coefficient (Wildman–Crippen LogP) is 3.21. The van der Waals surface area contributed by atoms with Crippen LogP contribution >= 0.6 is 0 Å². The number of carbonyl (C=O) groups is 1. The van der Waals surface area contributed by atoms with E-state index >= 15 is 0 Å². The molecule has 0 saturated carbocycles. The minimum absolute atomic E-state index is 0.0552. The van der Waals surface area contributed by atoms with Crippen LogP contribution in [0.15, 0.2) is 48.8 Å². The molecular weight excluding hydrogens is 334 g/mol. The molecule has 0 amide bonds. The summed E-state index contributed by atoms with van der Waals surface area (Å²) in [5.41, 5.74) is 2.08. The van der Waals surface area contributed by atoms with E-state index in [1.807, 2.05) is 19.1 Å². The number of benzene rings is 1. The number of ether oxygens (including phenoxy) is 1. The zero-order valence-electron chi connectivity index (χ0n) is 13.7. The first-order chi connectivity index (χ1) is 12.6. The zero-order chi connectivity index (χ0) is 18.1. The van der Waals surface area contributed by atoms with Crippen molar-refractivity contribution < 1.29 is 14.6 Å². The topological polar surface area (TPSA) is 114 Å². The zero-order valence-corrected chi connectivity index (χ0v) is 13.7. The SMILES string of the molecule is Cc1cc(Oc2ccc3[nH]nc(C(=O)O)c3c2)nc(-c2cccnc2)n1. The third-order valence-electron chi connectivity index (χ3n) is 3.71. The summed E-state index contributed by atoms with van der Waals surface area (Å²) in [7, 11) is 0. The van der Waals surface area contributed by atoms with Crippen LogP contribution in [0.4, 0.5) is 0 Å². The maximum Gasteiger partial charge on any atom is 0.357 e. The van der Waals surface area contributed by atoms with Crippen LogP contribution in [-0.2, 0) is 0 Å². The minimum atomic E-state index is -1.11. The number of carboxylic acid groups (broad SMARTS) is 1. The monoisotopic (exact) mass is 347 g/mol. The summed E-state index contributed by atoms with van der Waals surface area (Å²) in [5.74, 6) is 0.210. The summed E-state index contributed by atoms with van der Waals surface area (Å²) in [4.78, 5) is 24.1. The molecule has 8 nitrogen and oxygen atoms in total. The van der Waals surface area contributed by atoms with Gasteiger partial charge in [-0.15, -0.1) is 0 Å². The number of H-pyrrole nitrogens is 1. The lowest BCUT2D eigenvalue weighted by molar-refractivity contribution is 0.0692. The van der Waals surface area contributed by atoms with Crippen molar-refractivity contribution in [2.75, 3.05) is 0 Å². The Morgan fingerprint density at radius 3 is 2.85 bits per heavy atom. The smallest absolute Gasteiger partial charge is 0.357 e. The van der Waals surface area contributed by atoms with Crippen LogP contribution in [0.2, 0.25) is 0 Å². The lowest BCUT2D eigenvalue weighted by atomic mass is 10.2. The van der Waals surface area contributed by atoms with Gasteiger partial charge in [0.1, 0.15) is 5.75 Å². The van der Waals surface area contributed by atoms with Gasteiger partial charge < -0.3 is 9.84 Å². The standard InChI is InChI=1S/C18H13N5O3/c1-10-7-15(21-17(20-10)11-3-2-6-19-9-11)26-12-4-5-14-13(8-12)16(18(24)25)23-22-14/h2-9H,1H3,(H,22,23)(H,24,25). The van der Waals surface area contributed by atoms with E-state index in [1.165, 1.54) is 0 Å². The van der Waals surface area contributed by atoms with Crippen molar-refractivity contribution >= 4 is 16.9 Å². The maximum atomic E-state index is 11.2. The second kappa shape index (κ2) is 6.25. The number of nitrogens with one attached hydrogen (secondary N) is 1. The van der Waals surface area contributed by atoms with E-state index in [2.05, 4.69) is 25.1 Å². The average Bonchev–Trinajstić information content (AvgIpc) is 3.05.